The Bertz CT molecular complexity index is 445. The van der Waals surface area contributed by atoms with Gasteiger partial charge in [-0.15, -0.1) is 0 Å². The van der Waals surface area contributed by atoms with Crippen LogP contribution in [0.4, 0.5) is 0 Å². The fourth-order valence-electron chi connectivity index (χ4n) is 2.17. The van der Waals surface area contributed by atoms with E-state index in [2.05, 4.69) is 0 Å². The molecule has 0 aliphatic carbocycles. The van der Waals surface area contributed by atoms with Crippen LogP contribution in [0.25, 0.3) is 0 Å². The molecule has 1 N–H and O–H groups in total. The molecule has 1 fully saturated rings. The van der Waals surface area contributed by atoms with E-state index in [-0.39, 0.29) is 18.1 Å². The first-order valence-corrected chi connectivity index (χ1v) is 5.77. The van der Waals surface area contributed by atoms with Crippen molar-refractivity contribution in [3.05, 3.63) is 23.5 Å². The van der Waals surface area contributed by atoms with Gasteiger partial charge in [0.15, 0.2) is 0 Å². The van der Waals surface area contributed by atoms with Gasteiger partial charge in [0.05, 0.1) is 0 Å². The predicted molar refractivity (Wildman–Crippen MR) is 61.9 cm³/mol. The number of hydrogen-bond donors (Lipinski definition) is 1. The lowest BCUT2D eigenvalue weighted by molar-refractivity contribution is -0.130. The average molecular weight is 236 g/mol. The molecule has 1 aromatic heterocycles. The highest BCUT2D eigenvalue weighted by Gasteiger charge is 2.20. The monoisotopic (exact) mass is 236 g/mol. The zero-order chi connectivity index (χ0) is 12.4. The third-order valence-electron chi connectivity index (χ3n) is 3.17. The summed E-state index contributed by atoms with van der Waals surface area (Å²) in [4.78, 5) is 24.7. The van der Waals surface area contributed by atoms with Crippen LogP contribution in [0.15, 0.2) is 12.1 Å². The molecule has 1 aliphatic heterocycles. The van der Waals surface area contributed by atoms with Crippen molar-refractivity contribution in [2.45, 2.75) is 26.3 Å². The number of rotatable bonds is 3. The number of amides is 1. The fourth-order valence-corrected chi connectivity index (χ4v) is 2.17. The number of carboxylic acids is 1. The molecular weight excluding hydrogens is 220 g/mol. The van der Waals surface area contributed by atoms with Crippen molar-refractivity contribution >= 4 is 11.9 Å². The summed E-state index contributed by atoms with van der Waals surface area (Å²) >= 11 is 0. The highest BCUT2D eigenvalue weighted by atomic mass is 16.4. The molecule has 17 heavy (non-hydrogen) atoms. The summed E-state index contributed by atoms with van der Waals surface area (Å²) in [5.74, 6) is -0.989. The van der Waals surface area contributed by atoms with E-state index >= 15 is 0 Å². The van der Waals surface area contributed by atoms with Crippen molar-refractivity contribution in [1.82, 2.24) is 9.47 Å². The first-order valence-electron chi connectivity index (χ1n) is 5.77. The topological polar surface area (TPSA) is 62.5 Å². The van der Waals surface area contributed by atoms with Gasteiger partial charge in [0.1, 0.15) is 12.2 Å². The van der Waals surface area contributed by atoms with Gasteiger partial charge in [0.25, 0.3) is 0 Å². The minimum absolute atomic E-state index is 0.00398. The number of likely N-dealkylation sites (tertiary alicyclic amines) is 1. The second-order valence-corrected chi connectivity index (χ2v) is 4.34. The average Bonchev–Trinajstić information content (AvgIpc) is 2.89. The first-order chi connectivity index (χ1) is 8.09. The van der Waals surface area contributed by atoms with Crippen LogP contribution in [0.1, 0.15) is 29.0 Å². The highest BCUT2D eigenvalue weighted by molar-refractivity contribution is 5.87. The third kappa shape index (κ3) is 2.33. The standard InChI is InChI=1S/C12H16N2O3/c1-9-4-5-10(12(16)17)14(9)8-11(15)13-6-2-3-7-13/h4-5H,2-3,6-8H2,1H3,(H,16,17). The molecule has 5 nitrogen and oxygen atoms in total. The lowest BCUT2D eigenvalue weighted by atomic mass is 10.4. The Morgan fingerprint density at radius 1 is 1.29 bits per heavy atom. The second-order valence-electron chi connectivity index (χ2n) is 4.34. The zero-order valence-electron chi connectivity index (χ0n) is 9.85. The van der Waals surface area contributed by atoms with E-state index in [0.29, 0.717) is 0 Å². The number of carbonyl (C=O) groups is 2. The predicted octanol–water partition coefficient (Wildman–Crippen LogP) is 1.12. The van der Waals surface area contributed by atoms with Crippen molar-refractivity contribution in [3.8, 4) is 0 Å². The molecule has 0 radical (unpaired) electrons. The molecule has 1 saturated heterocycles. The Hall–Kier alpha value is -1.78. The van der Waals surface area contributed by atoms with Crippen LogP contribution < -0.4 is 0 Å². The number of carboxylic acid groups (broad SMARTS) is 1. The minimum Gasteiger partial charge on any atom is -0.477 e. The minimum atomic E-state index is -0.993. The van der Waals surface area contributed by atoms with Gasteiger partial charge >= 0.3 is 5.97 Å². The molecule has 0 saturated carbocycles. The molecule has 0 atom stereocenters. The number of hydrogen-bond acceptors (Lipinski definition) is 2. The molecule has 0 bridgehead atoms. The second kappa shape index (κ2) is 4.61. The Morgan fingerprint density at radius 3 is 2.53 bits per heavy atom. The third-order valence-corrected chi connectivity index (χ3v) is 3.17. The van der Waals surface area contributed by atoms with E-state index in [1.165, 1.54) is 6.07 Å². The van der Waals surface area contributed by atoms with Gasteiger partial charge in [0, 0.05) is 18.8 Å². The van der Waals surface area contributed by atoms with Crippen LogP contribution >= 0.6 is 0 Å². The smallest absolute Gasteiger partial charge is 0.352 e. The van der Waals surface area contributed by atoms with Gasteiger partial charge in [-0.25, -0.2) is 4.79 Å². The van der Waals surface area contributed by atoms with Crippen LogP contribution in [0, 0.1) is 6.92 Å². The lowest BCUT2D eigenvalue weighted by Crippen LogP contribution is -2.32. The van der Waals surface area contributed by atoms with Crippen molar-refractivity contribution in [3.63, 3.8) is 0 Å². The Kier molecular flexibility index (Phi) is 3.17. The molecule has 1 amide bonds. The summed E-state index contributed by atoms with van der Waals surface area (Å²) in [5.41, 5.74) is 0.977. The molecule has 0 unspecified atom stereocenters. The fraction of sp³-hybridized carbons (Fsp3) is 0.500. The maximum Gasteiger partial charge on any atom is 0.352 e. The summed E-state index contributed by atoms with van der Waals surface area (Å²) in [6, 6.07) is 3.26. The molecule has 1 aromatic rings. The van der Waals surface area contributed by atoms with Crippen LogP contribution in [-0.4, -0.2) is 39.5 Å². The van der Waals surface area contributed by atoms with E-state index in [0.717, 1.165) is 31.6 Å². The Morgan fingerprint density at radius 2 is 1.94 bits per heavy atom. The molecule has 5 heteroatoms. The van der Waals surface area contributed by atoms with Gasteiger partial charge in [-0.1, -0.05) is 0 Å². The van der Waals surface area contributed by atoms with Crippen LogP contribution in [0.3, 0.4) is 0 Å². The van der Waals surface area contributed by atoms with Crippen LogP contribution in [-0.2, 0) is 11.3 Å². The van der Waals surface area contributed by atoms with Crippen LogP contribution in [0.2, 0.25) is 0 Å². The van der Waals surface area contributed by atoms with E-state index in [1.54, 1.807) is 15.5 Å². The Labute approximate surface area is 99.6 Å². The Balaban J connectivity index is 2.14. The number of aromatic carboxylic acids is 1. The molecule has 0 spiro atoms. The maximum atomic E-state index is 12.0. The maximum absolute atomic E-state index is 12.0. The van der Waals surface area contributed by atoms with E-state index < -0.39 is 5.97 Å². The number of aryl methyl sites for hydroxylation is 1. The van der Waals surface area contributed by atoms with E-state index in [9.17, 15) is 9.59 Å². The summed E-state index contributed by atoms with van der Waals surface area (Å²) < 4.78 is 1.56. The number of nitrogens with zero attached hydrogens (tertiary/aromatic N) is 2. The van der Waals surface area contributed by atoms with Crippen molar-refractivity contribution in [2.75, 3.05) is 13.1 Å². The molecule has 2 heterocycles. The van der Waals surface area contributed by atoms with E-state index in [1.807, 2.05) is 6.92 Å². The summed E-state index contributed by atoms with van der Waals surface area (Å²) in [6.07, 6.45) is 2.09. The first kappa shape index (κ1) is 11.7. The van der Waals surface area contributed by atoms with Crippen molar-refractivity contribution in [1.29, 1.82) is 0 Å². The van der Waals surface area contributed by atoms with Gasteiger partial charge in [0.2, 0.25) is 5.91 Å². The van der Waals surface area contributed by atoms with Gasteiger partial charge in [-0.2, -0.15) is 0 Å². The van der Waals surface area contributed by atoms with Gasteiger partial charge in [-0.3, -0.25) is 4.79 Å². The van der Waals surface area contributed by atoms with E-state index in [4.69, 9.17) is 5.11 Å². The number of carbonyl (C=O) groups excluding carboxylic acids is 1. The van der Waals surface area contributed by atoms with Crippen LogP contribution in [0.5, 0.6) is 0 Å². The molecule has 92 valence electrons. The normalized spacial score (nSPS) is 15.2. The molecule has 1 aliphatic rings. The van der Waals surface area contributed by atoms with Crippen molar-refractivity contribution < 1.29 is 14.7 Å². The van der Waals surface area contributed by atoms with Crippen molar-refractivity contribution in [2.24, 2.45) is 0 Å². The molecule has 2 rings (SSSR count). The lowest BCUT2D eigenvalue weighted by Gasteiger charge is -2.17. The molecular formula is C12H16N2O3. The summed E-state index contributed by atoms with van der Waals surface area (Å²) in [7, 11) is 0. The number of aromatic nitrogens is 1. The summed E-state index contributed by atoms with van der Waals surface area (Å²) in [6.45, 7) is 3.52. The SMILES string of the molecule is Cc1ccc(C(=O)O)n1CC(=O)N1CCCC1. The van der Waals surface area contributed by atoms with Gasteiger partial charge in [-0.05, 0) is 31.9 Å². The summed E-state index contributed by atoms with van der Waals surface area (Å²) in [5, 5.41) is 9.01. The van der Waals surface area contributed by atoms with Gasteiger partial charge < -0.3 is 14.6 Å². The largest absolute Gasteiger partial charge is 0.477 e. The quantitative estimate of drug-likeness (QED) is 0.855. The highest BCUT2D eigenvalue weighted by Crippen LogP contribution is 2.12. The molecule has 0 aromatic carbocycles. The zero-order valence-corrected chi connectivity index (χ0v) is 9.85.